The number of rotatable bonds is 0. The molecule has 67 valence electrons. The van der Waals surface area contributed by atoms with Gasteiger partial charge >= 0.3 is 5.09 Å². The summed E-state index contributed by atoms with van der Waals surface area (Å²) in [6, 6.07) is 0. The highest BCUT2D eigenvalue weighted by molar-refractivity contribution is 4.00. The Morgan fingerprint density at radius 3 is 1.45 bits per heavy atom. The lowest BCUT2D eigenvalue weighted by Gasteiger charge is -1.56. The SMILES string of the molecule is CCN.O=[N+]([O-])O.[O][N+](=O)[O-]. The molecule has 0 aromatic rings. The van der Waals surface area contributed by atoms with Gasteiger partial charge in [-0.05, 0) is 6.54 Å². The van der Waals surface area contributed by atoms with Gasteiger partial charge < -0.3 is 10.9 Å². The van der Waals surface area contributed by atoms with Crippen LogP contribution in [0.3, 0.4) is 0 Å². The summed E-state index contributed by atoms with van der Waals surface area (Å²) in [5.74, 6) is 0. The average molecular weight is 170 g/mol. The highest BCUT2D eigenvalue weighted by Crippen LogP contribution is 1.41. The summed E-state index contributed by atoms with van der Waals surface area (Å²) in [6.45, 7) is 2.65. The Labute approximate surface area is 61.3 Å². The van der Waals surface area contributed by atoms with E-state index in [2.05, 4.69) is 0 Å². The fourth-order valence-electron chi connectivity index (χ4n) is 0. The first-order valence-electron chi connectivity index (χ1n) is 2.23. The van der Waals surface area contributed by atoms with Gasteiger partial charge in [-0.3, -0.25) is 0 Å². The summed E-state index contributed by atoms with van der Waals surface area (Å²) >= 11 is 0. The molecule has 9 nitrogen and oxygen atoms in total. The smallest absolute Gasteiger partial charge is 0.322 e. The molecule has 0 atom stereocenters. The van der Waals surface area contributed by atoms with Gasteiger partial charge in [0.05, 0.1) is 0 Å². The first kappa shape index (κ1) is 16.2. The van der Waals surface area contributed by atoms with E-state index in [-0.39, 0.29) is 0 Å². The molecule has 0 rings (SSSR count). The second-order valence-electron chi connectivity index (χ2n) is 0.870. The monoisotopic (exact) mass is 170 g/mol. The van der Waals surface area contributed by atoms with E-state index in [1.54, 1.807) is 0 Å². The highest BCUT2D eigenvalue weighted by atomic mass is 16.9. The minimum Gasteiger partial charge on any atom is -0.331 e. The minimum atomic E-state index is -1.75. The molecule has 0 bridgehead atoms. The molecule has 0 aliphatic rings. The van der Waals surface area contributed by atoms with Crippen LogP contribution >= 0.6 is 0 Å². The van der Waals surface area contributed by atoms with Gasteiger partial charge in [-0.2, -0.15) is 0 Å². The van der Waals surface area contributed by atoms with Crippen molar-refractivity contribution in [1.29, 1.82) is 0 Å². The normalized spacial score (nSPS) is 6.00. The van der Waals surface area contributed by atoms with Crippen LogP contribution in [0.5, 0.6) is 0 Å². The lowest BCUT2D eigenvalue weighted by molar-refractivity contribution is -0.782. The molecule has 0 fully saturated rings. The topological polar surface area (TPSA) is 152 Å². The summed E-state index contributed by atoms with van der Waals surface area (Å²) in [5.41, 5.74) is 4.85. The molecule has 9 heteroatoms. The summed E-state index contributed by atoms with van der Waals surface area (Å²) in [7, 11) is 0. The Morgan fingerprint density at radius 2 is 1.45 bits per heavy atom. The van der Waals surface area contributed by atoms with Crippen molar-refractivity contribution in [1.82, 2.24) is 0 Å². The van der Waals surface area contributed by atoms with Gasteiger partial charge in [0.25, 0.3) is 5.09 Å². The van der Waals surface area contributed by atoms with Gasteiger partial charge in [0.1, 0.15) is 0 Å². The zero-order valence-electron chi connectivity index (χ0n) is 5.67. The van der Waals surface area contributed by atoms with E-state index in [9.17, 15) is 0 Å². The number of hydrogen-bond donors (Lipinski definition) is 2. The van der Waals surface area contributed by atoms with Crippen molar-refractivity contribution >= 4 is 0 Å². The molecule has 1 radical (unpaired) electrons. The first-order valence-corrected chi connectivity index (χ1v) is 2.23. The standard InChI is InChI=1S/C2H7N.HNO3.NO3/c1-2-3;2*2-1(3)4/h2-3H2,1H3;(H,2,3,4);. The summed E-state index contributed by atoms with van der Waals surface area (Å²) < 4.78 is 0. The highest BCUT2D eigenvalue weighted by Gasteiger charge is 1.70. The van der Waals surface area contributed by atoms with E-state index in [4.69, 9.17) is 36.4 Å². The van der Waals surface area contributed by atoms with Crippen LogP contribution in [0.1, 0.15) is 6.92 Å². The summed E-state index contributed by atoms with van der Waals surface area (Å²) in [5, 5.41) is 28.4. The first-order chi connectivity index (χ1) is 4.88. The molecule has 0 saturated heterocycles. The van der Waals surface area contributed by atoms with Gasteiger partial charge in [0.15, 0.2) is 0 Å². The molecule has 0 aliphatic carbocycles. The van der Waals surface area contributed by atoms with E-state index in [0.29, 0.717) is 0 Å². The van der Waals surface area contributed by atoms with Crippen LogP contribution in [0.15, 0.2) is 0 Å². The Bertz CT molecular complexity index is 84.0. The van der Waals surface area contributed by atoms with E-state index < -0.39 is 10.2 Å². The van der Waals surface area contributed by atoms with Gasteiger partial charge in [-0.1, -0.05) is 6.92 Å². The predicted molar refractivity (Wildman–Crippen MR) is 31.2 cm³/mol. The van der Waals surface area contributed by atoms with E-state index in [0.717, 1.165) is 6.54 Å². The van der Waals surface area contributed by atoms with Gasteiger partial charge in [0, 0.05) is 0 Å². The molecule has 0 saturated carbocycles. The predicted octanol–water partition coefficient (Wildman–Crippen LogP) is -0.774. The van der Waals surface area contributed by atoms with E-state index in [1.807, 2.05) is 6.92 Å². The average Bonchev–Trinajstić information content (AvgIpc) is 1.60. The third-order valence-electron chi connectivity index (χ3n) is 0. The number of nitrogens with zero attached hydrogens (tertiary/aromatic N) is 2. The molecular formula is C2H8N3O6. The molecule has 0 aliphatic heterocycles. The summed E-state index contributed by atoms with van der Waals surface area (Å²) in [4.78, 5) is 16.6. The second-order valence-corrected chi connectivity index (χ2v) is 0.870. The van der Waals surface area contributed by atoms with Crippen LogP contribution in [-0.4, -0.2) is 21.9 Å². The van der Waals surface area contributed by atoms with E-state index in [1.165, 1.54) is 0 Å². The molecule has 0 spiro atoms. The van der Waals surface area contributed by atoms with Gasteiger partial charge in [0.2, 0.25) is 0 Å². The third-order valence-corrected chi connectivity index (χ3v) is 0. The van der Waals surface area contributed by atoms with Crippen molar-refractivity contribution in [2.75, 3.05) is 6.54 Å². The van der Waals surface area contributed by atoms with E-state index >= 15 is 0 Å². The fourth-order valence-corrected chi connectivity index (χ4v) is 0. The lowest BCUT2D eigenvalue weighted by atomic mass is 10.8. The number of nitrogens with two attached hydrogens (primary N) is 1. The van der Waals surface area contributed by atoms with Crippen molar-refractivity contribution in [3.05, 3.63) is 20.2 Å². The van der Waals surface area contributed by atoms with Crippen LogP contribution in [0, 0.1) is 20.2 Å². The Hall–Kier alpha value is -1.64. The van der Waals surface area contributed by atoms with Gasteiger partial charge in [-0.15, -0.1) is 25.4 Å². The lowest BCUT2D eigenvalue weighted by Crippen LogP contribution is -1.87. The second kappa shape index (κ2) is 15.8. The molecule has 3 N–H and O–H groups in total. The van der Waals surface area contributed by atoms with Crippen LogP contribution in [-0.2, 0) is 5.21 Å². The Kier molecular flexibility index (Phi) is 23.2. The molecular weight excluding hydrogens is 162 g/mol. The molecule has 0 aromatic heterocycles. The molecule has 0 unspecified atom stereocenters. The number of hydrogen-bond acceptors (Lipinski definition) is 5. The Balaban J connectivity index is -0.0000000886. The zero-order chi connectivity index (χ0) is 9.86. The van der Waals surface area contributed by atoms with Crippen molar-refractivity contribution < 1.29 is 20.6 Å². The molecule has 0 amide bonds. The van der Waals surface area contributed by atoms with Crippen molar-refractivity contribution in [2.45, 2.75) is 6.92 Å². The fraction of sp³-hybridized carbons (Fsp3) is 1.00. The van der Waals surface area contributed by atoms with Crippen molar-refractivity contribution in [2.24, 2.45) is 5.73 Å². The van der Waals surface area contributed by atoms with Crippen LogP contribution in [0.4, 0.5) is 0 Å². The largest absolute Gasteiger partial charge is 0.331 e. The maximum absolute atomic E-state index is 8.36. The van der Waals surface area contributed by atoms with Crippen molar-refractivity contribution in [3.8, 4) is 0 Å². The maximum Gasteiger partial charge on any atom is 0.322 e. The van der Waals surface area contributed by atoms with Gasteiger partial charge in [-0.25, -0.2) is 0 Å². The molecule has 0 heterocycles. The summed E-state index contributed by atoms with van der Waals surface area (Å²) in [6.07, 6.45) is 0. The Morgan fingerprint density at radius 1 is 1.45 bits per heavy atom. The third kappa shape index (κ3) is 126. The van der Waals surface area contributed by atoms with Crippen LogP contribution < -0.4 is 5.73 Å². The minimum absolute atomic E-state index is 0.750. The molecule has 0 aromatic carbocycles. The quantitative estimate of drug-likeness (QED) is 0.359. The van der Waals surface area contributed by atoms with Crippen LogP contribution in [0.25, 0.3) is 0 Å². The zero-order valence-corrected chi connectivity index (χ0v) is 5.67. The maximum atomic E-state index is 8.36. The van der Waals surface area contributed by atoms with Crippen LogP contribution in [0.2, 0.25) is 0 Å². The molecule has 11 heavy (non-hydrogen) atoms. The van der Waals surface area contributed by atoms with Crippen molar-refractivity contribution in [3.63, 3.8) is 0 Å².